The molecule has 152 valence electrons. The van der Waals surface area contributed by atoms with E-state index >= 15 is 0 Å². The first-order valence-corrected chi connectivity index (χ1v) is 9.19. The average Bonchev–Trinajstić information content (AvgIpc) is 2.63. The van der Waals surface area contributed by atoms with Gasteiger partial charge in [-0.1, -0.05) is 30.3 Å². The fourth-order valence-corrected chi connectivity index (χ4v) is 3.14. The van der Waals surface area contributed by atoms with Crippen molar-refractivity contribution in [2.75, 3.05) is 6.54 Å². The molecule has 1 aliphatic rings. The minimum Gasteiger partial charge on any atom is -0.475 e. The molecule has 0 saturated carbocycles. The lowest BCUT2D eigenvalue weighted by Gasteiger charge is -2.38. The number of amides is 2. The van der Waals surface area contributed by atoms with Gasteiger partial charge in [-0.3, -0.25) is 9.59 Å². The maximum Gasteiger partial charge on any atom is 0.370 e. The maximum atomic E-state index is 13.2. The van der Waals surface area contributed by atoms with Crippen LogP contribution in [0.25, 0.3) is 0 Å². The highest BCUT2D eigenvalue weighted by Gasteiger charge is 2.42. The fourth-order valence-electron chi connectivity index (χ4n) is 3.14. The lowest BCUT2D eigenvalue weighted by molar-refractivity contribution is -0.150. The molecule has 0 aromatic heterocycles. The molecule has 8 heteroatoms. The first kappa shape index (κ1) is 21.4. The van der Waals surface area contributed by atoms with E-state index in [4.69, 9.17) is 10.5 Å². The molecular formula is C20H27N3O5. The van der Waals surface area contributed by atoms with Gasteiger partial charge in [-0.05, 0) is 31.9 Å². The summed E-state index contributed by atoms with van der Waals surface area (Å²) in [5, 5.41) is 11.9. The first-order chi connectivity index (χ1) is 13.2. The van der Waals surface area contributed by atoms with Crippen LogP contribution in [-0.2, 0) is 25.5 Å². The van der Waals surface area contributed by atoms with Gasteiger partial charge >= 0.3 is 5.97 Å². The van der Waals surface area contributed by atoms with Gasteiger partial charge in [0.05, 0.1) is 12.1 Å². The Hall–Kier alpha value is -2.87. The van der Waals surface area contributed by atoms with E-state index in [-0.39, 0.29) is 17.7 Å². The van der Waals surface area contributed by atoms with Crippen LogP contribution in [-0.4, -0.2) is 58.6 Å². The van der Waals surface area contributed by atoms with E-state index in [2.05, 4.69) is 5.32 Å². The van der Waals surface area contributed by atoms with Crippen molar-refractivity contribution in [2.24, 2.45) is 5.73 Å². The van der Waals surface area contributed by atoms with Crippen molar-refractivity contribution >= 4 is 17.8 Å². The lowest BCUT2D eigenvalue weighted by Crippen LogP contribution is -2.62. The predicted molar refractivity (Wildman–Crippen MR) is 103 cm³/mol. The average molecular weight is 389 g/mol. The van der Waals surface area contributed by atoms with E-state index in [1.165, 1.54) is 13.0 Å². The Balaban J connectivity index is 2.24. The van der Waals surface area contributed by atoms with Crippen molar-refractivity contribution in [3.63, 3.8) is 0 Å². The minimum absolute atomic E-state index is 0.145. The molecule has 0 aliphatic carbocycles. The number of carbonyl (C=O) groups is 3. The number of hydrogen-bond donors (Lipinski definition) is 3. The number of carboxylic acid groups (broad SMARTS) is 1. The number of aliphatic carboxylic acids is 1. The van der Waals surface area contributed by atoms with E-state index in [0.29, 0.717) is 13.0 Å². The Morgan fingerprint density at radius 1 is 1.25 bits per heavy atom. The number of nitrogens with zero attached hydrogens (tertiary/aromatic N) is 1. The molecule has 0 saturated heterocycles. The number of ether oxygens (including phenoxy) is 1. The maximum absolute atomic E-state index is 13.2. The number of hydrogen-bond acceptors (Lipinski definition) is 5. The molecule has 2 amide bonds. The topological polar surface area (TPSA) is 122 Å². The summed E-state index contributed by atoms with van der Waals surface area (Å²) in [5.41, 5.74) is 7.10. The third kappa shape index (κ3) is 5.32. The standard InChI is InChI=1S/C20H27N3O5/c1-12(2)23(10-9-14-7-5-4-6-8-14)19(25)18-17(22-13(3)24)15(21)11-16(28-18)20(26)27/h4-8,11-12,15,17-18H,9-10,21H2,1-3H3,(H,22,24)(H,26,27)/t15-,17+,18+/m0/s1. The molecule has 0 unspecified atom stereocenters. The smallest absolute Gasteiger partial charge is 0.370 e. The highest BCUT2D eigenvalue weighted by atomic mass is 16.5. The number of rotatable bonds is 7. The van der Waals surface area contributed by atoms with Gasteiger partial charge in [0, 0.05) is 19.5 Å². The number of nitrogens with two attached hydrogens (primary N) is 1. The van der Waals surface area contributed by atoms with Crippen LogP contribution in [0.4, 0.5) is 0 Å². The Morgan fingerprint density at radius 3 is 2.43 bits per heavy atom. The van der Waals surface area contributed by atoms with Crippen LogP contribution in [0.3, 0.4) is 0 Å². The molecule has 0 radical (unpaired) electrons. The van der Waals surface area contributed by atoms with Crippen molar-refractivity contribution in [3.05, 3.63) is 47.7 Å². The number of carboxylic acids is 1. The van der Waals surface area contributed by atoms with Crippen molar-refractivity contribution in [1.82, 2.24) is 10.2 Å². The summed E-state index contributed by atoms with van der Waals surface area (Å²) in [6, 6.07) is 7.86. The van der Waals surface area contributed by atoms with Crippen molar-refractivity contribution in [2.45, 2.75) is 51.4 Å². The van der Waals surface area contributed by atoms with Gasteiger partial charge in [-0.25, -0.2) is 4.79 Å². The Bertz CT molecular complexity index is 747. The van der Waals surface area contributed by atoms with Crippen LogP contribution >= 0.6 is 0 Å². The molecule has 1 heterocycles. The molecule has 3 atom stereocenters. The van der Waals surface area contributed by atoms with Crippen LogP contribution in [0.2, 0.25) is 0 Å². The summed E-state index contributed by atoms with van der Waals surface area (Å²) in [6.07, 6.45) is 0.625. The summed E-state index contributed by atoms with van der Waals surface area (Å²) in [5.74, 6) is -2.49. The molecule has 8 nitrogen and oxygen atoms in total. The molecule has 0 spiro atoms. The first-order valence-electron chi connectivity index (χ1n) is 9.19. The molecule has 1 aliphatic heterocycles. The largest absolute Gasteiger partial charge is 0.475 e. The second kappa shape index (κ2) is 9.36. The summed E-state index contributed by atoms with van der Waals surface area (Å²) in [6.45, 7) is 5.47. The van der Waals surface area contributed by atoms with Gasteiger partial charge in [-0.2, -0.15) is 0 Å². The minimum atomic E-state index is -1.31. The molecular weight excluding hydrogens is 362 g/mol. The third-order valence-corrected chi connectivity index (χ3v) is 4.55. The number of nitrogens with one attached hydrogen (secondary N) is 1. The molecule has 4 N–H and O–H groups in total. The highest BCUT2D eigenvalue weighted by Crippen LogP contribution is 2.21. The van der Waals surface area contributed by atoms with Crippen LogP contribution in [0.5, 0.6) is 0 Å². The molecule has 1 aromatic rings. The summed E-state index contributed by atoms with van der Waals surface area (Å²) < 4.78 is 5.45. The second-order valence-corrected chi connectivity index (χ2v) is 7.04. The van der Waals surface area contributed by atoms with Crippen LogP contribution in [0, 0.1) is 0 Å². The zero-order valence-corrected chi connectivity index (χ0v) is 16.3. The zero-order chi connectivity index (χ0) is 20.8. The highest BCUT2D eigenvalue weighted by molar-refractivity contribution is 5.88. The SMILES string of the molecule is CC(=O)N[C@@H]1[C@@H](N)C=C(C(=O)O)O[C@H]1C(=O)N(CCc1ccccc1)C(C)C. The normalized spacial score (nSPS) is 21.5. The molecule has 0 fully saturated rings. The van der Waals surface area contributed by atoms with Crippen LogP contribution < -0.4 is 11.1 Å². The van der Waals surface area contributed by atoms with Crippen LogP contribution in [0.1, 0.15) is 26.3 Å². The van der Waals surface area contributed by atoms with Gasteiger partial charge in [-0.15, -0.1) is 0 Å². The third-order valence-electron chi connectivity index (χ3n) is 4.55. The van der Waals surface area contributed by atoms with Gasteiger partial charge in [0.15, 0.2) is 6.10 Å². The summed E-state index contributed by atoms with van der Waals surface area (Å²) in [4.78, 5) is 37.8. The number of carbonyl (C=O) groups excluding carboxylic acids is 2. The van der Waals surface area contributed by atoms with Crippen LogP contribution in [0.15, 0.2) is 42.2 Å². The van der Waals surface area contributed by atoms with Gasteiger partial charge in [0.25, 0.3) is 5.91 Å². The summed E-state index contributed by atoms with van der Waals surface area (Å²) >= 11 is 0. The Kier molecular flexibility index (Phi) is 7.17. The van der Waals surface area contributed by atoms with E-state index in [9.17, 15) is 19.5 Å². The van der Waals surface area contributed by atoms with E-state index in [0.717, 1.165) is 5.56 Å². The molecule has 0 bridgehead atoms. The fraction of sp³-hybridized carbons (Fsp3) is 0.450. The molecule has 1 aromatic carbocycles. The summed E-state index contributed by atoms with van der Waals surface area (Å²) in [7, 11) is 0. The molecule has 28 heavy (non-hydrogen) atoms. The van der Waals surface area contributed by atoms with E-state index < -0.39 is 30.1 Å². The monoisotopic (exact) mass is 389 g/mol. The van der Waals surface area contributed by atoms with E-state index in [1.54, 1.807) is 4.90 Å². The zero-order valence-electron chi connectivity index (χ0n) is 16.3. The molecule has 2 rings (SSSR count). The lowest BCUT2D eigenvalue weighted by atomic mass is 9.97. The van der Waals surface area contributed by atoms with Gasteiger partial charge in [0.1, 0.15) is 0 Å². The van der Waals surface area contributed by atoms with Crippen molar-refractivity contribution < 1.29 is 24.2 Å². The van der Waals surface area contributed by atoms with Crippen molar-refractivity contribution in [1.29, 1.82) is 0 Å². The van der Waals surface area contributed by atoms with Gasteiger partial charge < -0.3 is 25.8 Å². The Labute approximate surface area is 164 Å². The predicted octanol–water partition coefficient (Wildman–Crippen LogP) is 0.665. The Morgan fingerprint density at radius 2 is 1.89 bits per heavy atom. The number of benzene rings is 1. The van der Waals surface area contributed by atoms with Crippen molar-refractivity contribution in [3.8, 4) is 0 Å². The quantitative estimate of drug-likeness (QED) is 0.630. The van der Waals surface area contributed by atoms with E-state index in [1.807, 2.05) is 44.2 Å². The second-order valence-electron chi connectivity index (χ2n) is 7.04. The van der Waals surface area contributed by atoms with Gasteiger partial charge in [0.2, 0.25) is 11.7 Å².